The Bertz CT molecular complexity index is 737. The van der Waals surface area contributed by atoms with Gasteiger partial charge in [0.15, 0.2) is 0 Å². The minimum atomic E-state index is -3.71. The first-order chi connectivity index (χ1) is 9.79. The molecule has 112 valence electrons. The maximum absolute atomic E-state index is 13.1. The molecule has 0 radical (unpaired) electrons. The Morgan fingerprint density at radius 3 is 2.19 bits per heavy atom. The molecule has 2 aromatic carbocycles. The van der Waals surface area contributed by atoms with E-state index in [0.29, 0.717) is 17.2 Å². The molecule has 2 rings (SSSR count). The summed E-state index contributed by atoms with van der Waals surface area (Å²) in [5, 5.41) is 0. The van der Waals surface area contributed by atoms with Crippen molar-refractivity contribution in [2.24, 2.45) is 0 Å². The summed E-state index contributed by atoms with van der Waals surface area (Å²) in [4.78, 5) is 0.0804. The summed E-state index contributed by atoms with van der Waals surface area (Å²) >= 11 is 0. The fourth-order valence-electron chi connectivity index (χ4n) is 2.06. The fraction of sp³-hybridized carbons (Fsp3) is 0.250. The number of aryl methyl sites for hydroxylation is 1. The Morgan fingerprint density at radius 2 is 1.67 bits per heavy atom. The van der Waals surface area contributed by atoms with Gasteiger partial charge < -0.3 is 0 Å². The smallest absolute Gasteiger partial charge is 0.262 e. The van der Waals surface area contributed by atoms with Crippen LogP contribution in [0.1, 0.15) is 30.9 Å². The standard InChI is InChI=1S/C16H18FNO2S/c1-11(2)13-4-7-15(8-5-13)18-21(19,20)16-9-6-14(17)10-12(16)3/h4-11,18H,1-3H3. The van der Waals surface area contributed by atoms with Crippen LogP contribution in [0.5, 0.6) is 0 Å². The predicted molar refractivity (Wildman–Crippen MR) is 82.5 cm³/mol. The second-order valence-electron chi connectivity index (χ2n) is 5.29. The van der Waals surface area contributed by atoms with Gasteiger partial charge in [0.2, 0.25) is 0 Å². The number of sulfonamides is 1. The molecule has 0 saturated heterocycles. The monoisotopic (exact) mass is 307 g/mol. The lowest BCUT2D eigenvalue weighted by Gasteiger charge is -2.11. The van der Waals surface area contributed by atoms with Crippen molar-refractivity contribution in [2.45, 2.75) is 31.6 Å². The Hall–Kier alpha value is -1.88. The van der Waals surface area contributed by atoms with Gasteiger partial charge in [-0.1, -0.05) is 26.0 Å². The van der Waals surface area contributed by atoms with E-state index in [4.69, 9.17) is 0 Å². The number of rotatable bonds is 4. The zero-order valence-corrected chi connectivity index (χ0v) is 13.0. The van der Waals surface area contributed by atoms with Crippen LogP contribution in [0.4, 0.5) is 10.1 Å². The van der Waals surface area contributed by atoms with E-state index in [1.165, 1.54) is 12.1 Å². The summed E-state index contributed by atoms with van der Waals surface area (Å²) in [6.45, 7) is 5.71. The second kappa shape index (κ2) is 5.85. The van der Waals surface area contributed by atoms with Crippen molar-refractivity contribution in [3.05, 3.63) is 59.4 Å². The summed E-state index contributed by atoms with van der Waals surface area (Å²) in [5.74, 6) is -0.0669. The second-order valence-corrected chi connectivity index (χ2v) is 6.94. The summed E-state index contributed by atoms with van der Waals surface area (Å²) in [5.41, 5.74) is 2.00. The van der Waals surface area contributed by atoms with Crippen LogP contribution < -0.4 is 4.72 Å². The minimum absolute atomic E-state index is 0.0804. The first-order valence-electron chi connectivity index (χ1n) is 6.68. The number of hydrogen-bond donors (Lipinski definition) is 1. The first-order valence-corrected chi connectivity index (χ1v) is 8.17. The Morgan fingerprint density at radius 1 is 1.05 bits per heavy atom. The molecular formula is C16H18FNO2S. The molecule has 0 unspecified atom stereocenters. The lowest BCUT2D eigenvalue weighted by atomic mass is 10.0. The molecule has 0 aliphatic heterocycles. The molecule has 0 spiro atoms. The summed E-state index contributed by atoms with van der Waals surface area (Å²) < 4.78 is 40.2. The van der Waals surface area contributed by atoms with Gasteiger partial charge in [-0.2, -0.15) is 0 Å². The Kier molecular flexibility index (Phi) is 4.32. The molecule has 21 heavy (non-hydrogen) atoms. The maximum atomic E-state index is 13.1. The third kappa shape index (κ3) is 3.61. The van der Waals surface area contributed by atoms with Crippen LogP contribution in [-0.2, 0) is 10.0 Å². The van der Waals surface area contributed by atoms with Crippen molar-refractivity contribution in [1.82, 2.24) is 0 Å². The fourth-order valence-corrected chi connectivity index (χ4v) is 3.35. The third-order valence-electron chi connectivity index (χ3n) is 3.26. The molecule has 1 N–H and O–H groups in total. The topological polar surface area (TPSA) is 46.2 Å². The molecule has 5 heteroatoms. The van der Waals surface area contributed by atoms with Crippen molar-refractivity contribution >= 4 is 15.7 Å². The number of benzene rings is 2. The number of nitrogens with one attached hydrogen (secondary N) is 1. The highest BCUT2D eigenvalue weighted by Gasteiger charge is 2.17. The highest BCUT2D eigenvalue weighted by atomic mass is 32.2. The molecule has 3 nitrogen and oxygen atoms in total. The summed E-state index contributed by atoms with van der Waals surface area (Å²) in [6.07, 6.45) is 0. The third-order valence-corrected chi connectivity index (χ3v) is 4.80. The first kappa shape index (κ1) is 15.5. The quantitative estimate of drug-likeness (QED) is 0.926. The van der Waals surface area contributed by atoms with Crippen LogP contribution in [0.25, 0.3) is 0 Å². The van der Waals surface area contributed by atoms with Gasteiger partial charge in [0, 0.05) is 5.69 Å². The van der Waals surface area contributed by atoms with E-state index in [-0.39, 0.29) is 4.90 Å². The molecule has 0 saturated carbocycles. The van der Waals surface area contributed by atoms with E-state index in [1.807, 2.05) is 12.1 Å². The molecule has 0 fully saturated rings. The van der Waals surface area contributed by atoms with Crippen molar-refractivity contribution in [3.63, 3.8) is 0 Å². The zero-order chi connectivity index (χ0) is 15.6. The van der Waals surface area contributed by atoms with Gasteiger partial charge in [0.25, 0.3) is 10.0 Å². The van der Waals surface area contributed by atoms with Gasteiger partial charge in [-0.25, -0.2) is 12.8 Å². The lowest BCUT2D eigenvalue weighted by molar-refractivity contribution is 0.598. The van der Waals surface area contributed by atoms with Crippen LogP contribution in [0.3, 0.4) is 0 Å². The number of halogens is 1. The lowest BCUT2D eigenvalue weighted by Crippen LogP contribution is -2.14. The van der Waals surface area contributed by atoms with E-state index in [0.717, 1.165) is 11.6 Å². The minimum Gasteiger partial charge on any atom is -0.280 e. The Balaban J connectivity index is 2.28. The maximum Gasteiger partial charge on any atom is 0.262 e. The normalized spacial score (nSPS) is 11.7. The van der Waals surface area contributed by atoms with Crippen molar-refractivity contribution in [2.75, 3.05) is 4.72 Å². The average Bonchev–Trinajstić information content (AvgIpc) is 2.38. The van der Waals surface area contributed by atoms with Gasteiger partial charge in [-0.05, 0) is 54.3 Å². The average molecular weight is 307 g/mol. The molecular weight excluding hydrogens is 289 g/mol. The molecule has 0 atom stereocenters. The molecule has 2 aromatic rings. The Labute approximate surface area is 124 Å². The molecule has 0 aliphatic rings. The van der Waals surface area contributed by atoms with Crippen molar-refractivity contribution < 1.29 is 12.8 Å². The van der Waals surface area contributed by atoms with Gasteiger partial charge in [-0.15, -0.1) is 0 Å². The van der Waals surface area contributed by atoms with Crippen LogP contribution in [0, 0.1) is 12.7 Å². The summed E-state index contributed by atoms with van der Waals surface area (Å²) in [7, 11) is -3.71. The molecule has 0 bridgehead atoms. The van der Waals surface area contributed by atoms with Crippen LogP contribution in [0.2, 0.25) is 0 Å². The molecule has 0 aromatic heterocycles. The van der Waals surface area contributed by atoms with Gasteiger partial charge in [-0.3, -0.25) is 4.72 Å². The van der Waals surface area contributed by atoms with E-state index in [1.54, 1.807) is 19.1 Å². The van der Waals surface area contributed by atoms with Crippen molar-refractivity contribution in [1.29, 1.82) is 0 Å². The van der Waals surface area contributed by atoms with E-state index < -0.39 is 15.8 Å². The van der Waals surface area contributed by atoms with Gasteiger partial charge in [0.05, 0.1) is 4.90 Å². The molecule has 0 amide bonds. The number of anilines is 1. The highest BCUT2D eigenvalue weighted by molar-refractivity contribution is 7.92. The van der Waals surface area contributed by atoms with Gasteiger partial charge in [0.1, 0.15) is 5.82 Å². The molecule has 0 heterocycles. The van der Waals surface area contributed by atoms with E-state index in [2.05, 4.69) is 18.6 Å². The van der Waals surface area contributed by atoms with Crippen LogP contribution >= 0.6 is 0 Å². The molecule has 0 aliphatic carbocycles. The predicted octanol–water partition coefficient (Wildman–Crippen LogP) is 4.06. The van der Waals surface area contributed by atoms with Crippen molar-refractivity contribution in [3.8, 4) is 0 Å². The van der Waals surface area contributed by atoms with Crippen LogP contribution in [-0.4, -0.2) is 8.42 Å². The van der Waals surface area contributed by atoms with Gasteiger partial charge >= 0.3 is 0 Å². The van der Waals surface area contributed by atoms with E-state index >= 15 is 0 Å². The SMILES string of the molecule is Cc1cc(F)ccc1S(=O)(=O)Nc1ccc(C(C)C)cc1. The zero-order valence-electron chi connectivity index (χ0n) is 12.2. The van der Waals surface area contributed by atoms with E-state index in [9.17, 15) is 12.8 Å². The number of hydrogen-bond acceptors (Lipinski definition) is 2. The summed E-state index contributed by atoms with van der Waals surface area (Å²) in [6, 6.07) is 10.9. The van der Waals surface area contributed by atoms with Crippen LogP contribution in [0.15, 0.2) is 47.4 Å². The largest absolute Gasteiger partial charge is 0.280 e. The highest BCUT2D eigenvalue weighted by Crippen LogP contribution is 2.22.